The molecule has 1 aromatic carbocycles. The highest BCUT2D eigenvalue weighted by molar-refractivity contribution is 5.99. The summed E-state index contributed by atoms with van der Waals surface area (Å²) in [5.41, 5.74) is 0.723. The molecule has 0 saturated carbocycles. The summed E-state index contributed by atoms with van der Waals surface area (Å²) in [7, 11) is 0. The number of carbonyl (C=O) groups excluding carboxylic acids is 1. The zero-order valence-corrected chi connectivity index (χ0v) is 8.33. The summed E-state index contributed by atoms with van der Waals surface area (Å²) in [6, 6.07) is 6.40. The van der Waals surface area contributed by atoms with E-state index in [-0.39, 0.29) is 5.78 Å². The first-order valence-corrected chi connectivity index (χ1v) is 4.80. The Labute approximate surface area is 86.8 Å². The molecule has 0 spiro atoms. The van der Waals surface area contributed by atoms with E-state index in [2.05, 4.69) is 4.98 Å². The predicted octanol–water partition coefficient (Wildman–Crippen LogP) is 2.97. The molecule has 0 radical (unpaired) electrons. The summed E-state index contributed by atoms with van der Waals surface area (Å²) in [5.74, 6) is -0.496. The van der Waals surface area contributed by atoms with E-state index in [1.807, 2.05) is 0 Å². The van der Waals surface area contributed by atoms with E-state index in [0.29, 0.717) is 22.9 Å². The lowest BCUT2D eigenvalue weighted by Gasteiger charge is -2.02. The van der Waals surface area contributed by atoms with Crippen LogP contribution >= 0.6 is 0 Å². The third-order valence-electron chi connectivity index (χ3n) is 2.30. The molecule has 0 unspecified atom stereocenters. The second-order valence-corrected chi connectivity index (χ2v) is 3.31. The molecular weight excluding hydrogens is 193 g/mol. The third kappa shape index (κ3) is 1.73. The Bertz CT molecular complexity index is 522. The van der Waals surface area contributed by atoms with Gasteiger partial charge in [0.05, 0.1) is 0 Å². The zero-order valence-electron chi connectivity index (χ0n) is 8.33. The lowest BCUT2D eigenvalue weighted by atomic mass is 10.1. The first-order valence-electron chi connectivity index (χ1n) is 4.80. The van der Waals surface area contributed by atoms with Gasteiger partial charge in [-0.25, -0.2) is 4.39 Å². The molecule has 0 aliphatic heterocycles. The second-order valence-electron chi connectivity index (χ2n) is 3.31. The van der Waals surface area contributed by atoms with Crippen molar-refractivity contribution in [1.29, 1.82) is 0 Å². The van der Waals surface area contributed by atoms with Crippen LogP contribution in [0.3, 0.4) is 0 Å². The van der Waals surface area contributed by atoms with Crippen LogP contribution < -0.4 is 0 Å². The second kappa shape index (κ2) is 3.77. The van der Waals surface area contributed by atoms with Gasteiger partial charge >= 0.3 is 0 Å². The number of benzene rings is 1. The third-order valence-corrected chi connectivity index (χ3v) is 2.30. The lowest BCUT2D eigenvalue weighted by Crippen LogP contribution is -1.98. The Morgan fingerprint density at radius 2 is 2.27 bits per heavy atom. The van der Waals surface area contributed by atoms with Crippen LogP contribution in [0.25, 0.3) is 10.9 Å². The van der Waals surface area contributed by atoms with Gasteiger partial charge in [0, 0.05) is 23.6 Å². The van der Waals surface area contributed by atoms with Crippen molar-refractivity contribution in [2.75, 3.05) is 0 Å². The smallest absolute Gasteiger partial charge is 0.162 e. The van der Waals surface area contributed by atoms with E-state index in [9.17, 15) is 9.18 Å². The van der Waals surface area contributed by atoms with Crippen molar-refractivity contribution in [1.82, 2.24) is 4.98 Å². The normalized spacial score (nSPS) is 10.5. The highest BCUT2D eigenvalue weighted by Gasteiger charge is 2.08. The predicted molar refractivity (Wildman–Crippen MR) is 56.3 cm³/mol. The van der Waals surface area contributed by atoms with Gasteiger partial charge in [-0.05, 0) is 18.2 Å². The number of hydrogen-bond acceptors (Lipinski definition) is 2. The van der Waals surface area contributed by atoms with Crippen molar-refractivity contribution >= 4 is 16.7 Å². The number of carbonyl (C=O) groups is 1. The Kier molecular flexibility index (Phi) is 2.46. The van der Waals surface area contributed by atoms with Gasteiger partial charge in [0.1, 0.15) is 11.3 Å². The minimum Gasteiger partial charge on any atom is -0.294 e. The number of aromatic nitrogens is 1. The summed E-state index contributed by atoms with van der Waals surface area (Å²) in [4.78, 5) is 15.3. The molecule has 2 rings (SSSR count). The number of rotatable bonds is 2. The van der Waals surface area contributed by atoms with Gasteiger partial charge in [0.2, 0.25) is 0 Å². The van der Waals surface area contributed by atoms with Gasteiger partial charge in [-0.1, -0.05) is 13.0 Å². The SMILES string of the molecule is CCC(=O)c1cc(F)c2ncccc2c1. The number of hydrogen-bond donors (Lipinski definition) is 0. The van der Waals surface area contributed by atoms with Crippen molar-refractivity contribution in [3.8, 4) is 0 Å². The van der Waals surface area contributed by atoms with Gasteiger partial charge in [-0.3, -0.25) is 9.78 Å². The first-order chi connectivity index (χ1) is 7.22. The fraction of sp³-hybridized carbons (Fsp3) is 0.167. The maximum absolute atomic E-state index is 13.5. The van der Waals surface area contributed by atoms with E-state index < -0.39 is 5.82 Å². The molecule has 0 fully saturated rings. The van der Waals surface area contributed by atoms with Gasteiger partial charge in [0.15, 0.2) is 5.78 Å². The van der Waals surface area contributed by atoms with Crippen LogP contribution in [-0.2, 0) is 0 Å². The molecule has 1 aromatic heterocycles. The molecule has 2 nitrogen and oxygen atoms in total. The number of Topliss-reactive ketones (excluding diaryl/α,β-unsaturated/α-hetero) is 1. The molecule has 3 heteroatoms. The van der Waals surface area contributed by atoms with Gasteiger partial charge in [-0.15, -0.1) is 0 Å². The minimum atomic E-state index is -0.440. The van der Waals surface area contributed by atoms with Crippen molar-refractivity contribution in [3.63, 3.8) is 0 Å². The Balaban J connectivity index is 2.67. The molecule has 0 amide bonds. The standard InChI is InChI=1S/C12H10FNO/c1-2-11(15)9-6-8-4-3-5-14-12(8)10(13)7-9/h3-7H,2H2,1H3. The monoisotopic (exact) mass is 203 g/mol. The summed E-state index contributed by atoms with van der Waals surface area (Å²) >= 11 is 0. The molecule has 76 valence electrons. The van der Waals surface area contributed by atoms with Crippen molar-refractivity contribution in [2.24, 2.45) is 0 Å². The molecule has 0 bridgehead atoms. The maximum Gasteiger partial charge on any atom is 0.162 e. The largest absolute Gasteiger partial charge is 0.294 e. The number of fused-ring (bicyclic) bond motifs is 1. The van der Waals surface area contributed by atoms with E-state index in [1.54, 1.807) is 25.1 Å². The van der Waals surface area contributed by atoms with Crippen molar-refractivity contribution < 1.29 is 9.18 Å². The van der Waals surface area contributed by atoms with E-state index in [4.69, 9.17) is 0 Å². The number of ketones is 1. The molecule has 15 heavy (non-hydrogen) atoms. The molecule has 0 aliphatic rings. The van der Waals surface area contributed by atoms with Crippen LogP contribution in [0, 0.1) is 5.82 Å². The van der Waals surface area contributed by atoms with E-state index >= 15 is 0 Å². The van der Waals surface area contributed by atoms with Crippen molar-refractivity contribution in [2.45, 2.75) is 13.3 Å². The quantitative estimate of drug-likeness (QED) is 0.702. The van der Waals surface area contributed by atoms with Crippen LogP contribution in [-0.4, -0.2) is 10.8 Å². The lowest BCUT2D eigenvalue weighted by molar-refractivity contribution is 0.0988. The number of halogens is 1. The fourth-order valence-corrected chi connectivity index (χ4v) is 1.51. The Hall–Kier alpha value is -1.77. The molecule has 0 N–H and O–H groups in total. The number of nitrogens with zero attached hydrogens (tertiary/aromatic N) is 1. The van der Waals surface area contributed by atoms with Gasteiger partial charge < -0.3 is 0 Å². The molecule has 0 saturated heterocycles. The van der Waals surface area contributed by atoms with Gasteiger partial charge in [-0.2, -0.15) is 0 Å². The summed E-state index contributed by atoms with van der Waals surface area (Å²) in [5, 5.41) is 0.661. The van der Waals surface area contributed by atoms with Crippen LogP contribution in [0.5, 0.6) is 0 Å². The zero-order chi connectivity index (χ0) is 10.8. The summed E-state index contributed by atoms with van der Waals surface area (Å²) in [6.45, 7) is 1.76. The average molecular weight is 203 g/mol. The van der Waals surface area contributed by atoms with Crippen LogP contribution in [0.4, 0.5) is 4.39 Å². The minimum absolute atomic E-state index is 0.0559. The summed E-state index contributed by atoms with van der Waals surface area (Å²) < 4.78 is 13.5. The molecular formula is C12H10FNO. The van der Waals surface area contributed by atoms with Crippen LogP contribution in [0.1, 0.15) is 23.7 Å². The molecule has 2 aromatic rings. The summed E-state index contributed by atoms with van der Waals surface area (Å²) in [6.07, 6.45) is 1.91. The van der Waals surface area contributed by atoms with E-state index in [0.717, 1.165) is 0 Å². The molecule has 0 aliphatic carbocycles. The van der Waals surface area contributed by atoms with Crippen molar-refractivity contribution in [3.05, 3.63) is 41.8 Å². The topological polar surface area (TPSA) is 30.0 Å². The maximum atomic E-state index is 13.5. The average Bonchev–Trinajstić information content (AvgIpc) is 2.28. The van der Waals surface area contributed by atoms with Crippen LogP contribution in [0.15, 0.2) is 30.5 Å². The highest BCUT2D eigenvalue weighted by atomic mass is 19.1. The van der Waals surface area contributed by atoms with Crippen LogP contribution in [0.2, 0.25) is 0 Å². The van der Waals surface area contributed by atoms with Gasteiger partial charge in [0.25, 0.3) is 0 Å². The number of pyridine rings is 1. The Morgan fingerprint density at radius 1 is 1.47 bits per heavy atom. The molecule has 1 heterocycles. The van der Waals surface area contributed by atoms with E-state index in [1.165, 1.54) is 12.3 Å². The highest BCUT2D eigenvalue weighted by Crippen LogP contribution is 2.18. The first kappa shape index (κ1) is 9.77. The fourth-order valence-electron chi connectivity index (χ4n) is 1.51. The Morgan fingerprint density at radius 3 is 3.00 bits per heavy atom. The molecule has 0 atom stereocenters.